The summed E-state index contributed by atoms with van der Waals surface area (Å²) < 4.78 is 32.0. The van der Waals surface area contributed by atoms with Crippen molar-refractivity contribution in [3.63, 3.8) is 0 Å². The maximum absolute atomic E-state index is 12.7. The molecule has 162 valence electrons. The Morgan fingerprint density at radius 3 is 2.67 bits per heavy atom. The Hall–Kier alpha value is -2.47. The number of rotatable bonds is 8. The molecule has 1 aromatic heterocycles. The quantitative estimate of drug-likeness (QED) is 0.555. The van der Waals surface area contributed by atoms with Crippen LogP contribution in [0.5, 0.6) is 0 Å². The number of urea groups is 1. The summed E-state index contributed by atoms with van der Waals surface area (Å²) in [5, 5.41) is 9.68. The van der Waals surface area contributed by atoms with Crippen molar-refractivity contribution in [1.82, 2.24) is 14.9 Å². The van der Waals surface area contributed by atoms with Crippen molar-refractivity contribution < 1.29 is 22.7 Å². The summed E-state index contributed by atoms with van der Waals surface area (Å²) in [6, 6.07) is 9.60. The number of thiophene rings is 1. The lowest BCUT2D eigenvalue weighted by Crippen LogP contribution is -2.42. The molecule has 30 heavy (non-hydrogen) atoms. The molecule has 0 radical (unpaired) electrons. The van der Waals surface area contributed by atoms with Crippen LogP contribution < -0.4 is 16.0 Å². The largest absolute Gasteiger partial charge is 0.379 e. The smallest absolute Gasteiger partial charge is 0.321 e. The lowest BCUT2D eigenvalue weighted by molar-refractivity contribution is -0.118. The molecular weight excluding hydrogens is 428 g/mol. The zero-order valence-corrected chi connectivity index (χ0v) is 17.9. The number of carbonyl (C=O) groups excluding carboxylic acids is 2. The molecule has 3 amide bonds. The van der Waals surface area contributed by atoms with Crippen LogP contribution in [0.2, 0.25) is 0 Å². The number of benzene rings is 1. The van der Waals surface area contributed by atoms with E-state index in [-0.39, 0.29) is 11.4 Å². The van der Waals surface area contributed by atoms with Crippen LogP contribution in [0, 0.1) is 0 Å². The van der Waals surface area contributed by atoms with Gasteiger partial charge >= 0.3 is 6.03 Å². The van der Waals surface area contributed by atoms with Gasteiger partial charge < -0.3 is 15.4 Å². The number of morpholine rings is 1. The molecule has 11 heteroatoms. The minimum atomic E-state index is -3.62. The molecular formula is C19H24N4O5S2. The Bertz CT molecular complexity index is 957. The molecule has 1 fully saturated rings. The second-order valence-electron chi connectivity index (χ2n) is 6.53. The number of ether oxygens (including phenoxy) is 1. The van der Waals surface area contributed by atoms with Gasteiger partial charge in [-0.1, -0.05) is 12.1 Å². The number of sulfonamides is 1. The van der Waals surface area contributed by atoms with Crippen LogP contribution in [0.3, 0.4) is 0 Å². The van der Waals surface area contributed by atoms with Crippen molar-refractivity contribution >= 4 is 39.0 Å². The van der Waals surface area contributed by atoms with Crippen molar-refractivity contribution in [3.05, 3.63) is 46.7 Å². The fraction of sp³-hybridized carbons (Fsp3) is 0.368. The molecule has 0 spiro atoms. The van der Waals surface area contributed by atoms with E-state index < -0.39 is 22.0 Å². The molecule has 1 aromatic carbocycles. The summed E-state index contributed by atoms with van der Waals surface area (Å²) in [5.41, 5.74) is 0.470. The molecule has 0 aliphatic carbocycles. The number of anilines is 1. The maximum Gasteiger partial charge on any atom is 0.321 e. The number of nitrogens with zero attached hydrogens (tertiary/aromatic N) is 1. The summed E-state index contributed by atoms with van der Waals surface area (Å²) in [6.07, 6.45) is 0.696. The van der Waals surface area contributed by atoms with Crippen LogP contribution in [0.15, 0.2) is 46.7 Å². The zero-order chi connectivity index (χ0) is 21.4. The molecule has 0 saturated carbocycles. The van der Waals surface area contributed by atoms with Crippen molar-refractivity contribution in [2.75, 3.05) is 44.7 Å². The fourth-order valence-electron chi connectivity index (χ4n) is 2.85. The second-order valence-corrected chi connectivity index (χ2v) is 9.50. The van der Waals surface area contributed by atoms with Gasteiger partial charge in [-0.25, -0.2) is 13.2 Å². The lowest BCUT2D eigenvalue weighted by atomic mass is 10.3. The van der Waals surface area contributed by atoms with Crippen LogP contribution in [-0.4, -0.2) is 64.1 Å². The summed E-state index contributed by atoms with van der Waals surface area (Å²) in [5.74, 6) is -0.523. The molecule has 1 aliphatic rings. The number of amides is 3. The molecule has 0 atom stereocenters. The van der Waals surface area contributed by atoms with E-state index in [2.05, 4.69) is 16.0 Å². The highest BCUT2D eigenvalue weighted by Gasteiger charge is 2.26. The molecule has 3 rings (SSSR count). The third kappa shape index (κ3) is 6.26. The van der Waals surface area contributed by atoms with Crippen LogP contribution >= 0.6 is 11.3 Å². The van der Waals surface area contributed by atoms with Crippen molar-refractivity contribution in [2.24, 2.45) is 0 Å². The summed E-state index contributed by atoms with van der Waals surface area (Å²) in [6.45, 7) is 1.61. The molecule has 0 bridgehead atoms. The Kier molecular flexibility index (Phi) is 7.80. The molecule has 1 aliphatic heterocycles. The van der Waals surface area contributed by atoms with Crippen LogP contribution in [0.25, 0.3) is 0 Å². The molecule has 9 nitrogen and oxygen atoms in total. The normalized spacial score (nSPS) is 14.8. The predicted molar refractivity (Wildman–Crippen MR) is 114 cm³/mol. The third-order valence-electron chi connectivity index (χ3n) is 4.38. The zero-order valence-electron chi connectivity index (χ0n) is 16.3. The van der Waals surface area contributed by atoms with E-state index in [1.54, 1.807) is 23.5 Å². The van der Waals surface area contributed by atoms with Gasteiger partial charge in [-0.05, 0) is 36.1 Å². The number of carbonyl (C=O) groups is 2. The van der Waals surface area contributed by atoms with Crippen LogP contribution in [-0.2, 0) is 26.0 Å². The van der Waals surface area contributed by atoms with Gasteiger partial charge in [0.05, 0.1) is 24.7 Å². The van der Waals surface area contributed by atoms with Crippen molar-refractivity contribution in [2.45, 2.75) is 11.3 Å². The summed E-state index contributed by atoms with van der Waals surface area (Å²) in [7, 11) is -3.62. The van der Waals surface area contributed by atoms with E-state index in [9.17, 15) is 18.0 Å². The Morgan fingerprint density at radius 2 is 1.93 bits per heavy atom. The first-order valence-electron chi connectivity index (χ1n) is 9.47. The van der Waals surface area contributed by atoms with E-state index in [4.69, 9.17) is 4.74 Å². The Morgan fingerprint density at radius 1 is 1.13 bits per heavy atom. The van der Waals surface area contributed by atoms with Crippen molar-refractivity contribution in [1.29, 1.82) is 0 Å². The van der Waals surface area contributed by atoms with Gasteiger partial charge in [-0.15, -0.1) is 11.3 Å². The first-order valence-corrected chi connectivity index (χ1v) is 11.8. The molecule has 0 unspecified atom stereocenters. The average molecular weight is 453 g/mol. The first-order chi connectivity index (χ1) is 14.4. The number of imide groups is 1. The highest BCUT2D eigenvalue weighted by molar-refractivity contribution is 7.89. The topological polar surface area (TPSA) is 117 Å². The number of nitrogens with one attached hydrogen (secondary N) is 3. The molecule has 2 heterocycles. The van der Waals surface area contributed by atoms with E-state index in [1.165, 1.54) is 16.4 Å². The van der Waals surface area contributed by atoms with Gasteiger partial charge in [0.2, 0.25) is 15.9 Å². The average Bonchev–Trinajstić information content (AvgIpc) is 3.26. The predicted octanol–water partition coefficient (Wildman–Crippen LogP) is 1.25. The van der Waals surface area contributed by atoms with Gasteiger partial charge in [0.1, 0.15) is 0 Å². The number of hydrogen-bond acceptors (Lipinski definition) is 7. The van der Waals surface area contributed by atoms with Gasteiger partial charge in [0, 0.05) is 30.2 Å². The maximum atomic E-state index is 12.7. The molecule has 2 aromatic rings. The van der Waals surface area contributed by atoms with Gasteiger partial charge in [-0.3, -0.25) is 10.1 Å². The molecule has 3 N–H and O–H groups in total. The lowest BCUT2D eigenvalue weighted by Gasteiger charge is -2.26. The van der Waals surface area contributed by atoms with Crippen LogP contribution in [0.4, 0.5) is 10.5 Å². The van der Waals surface area contributed by atoms with Gasteiger partial charge in [-0.2, -0.15) is 4.31 Å². The van der Waals surface area contributed by atoms with E-state index in [0.717, 1.165) is 4.88 Å². The minimum Gasteiger partial charge on any atom is -0.379 e. The highest BCUT2D eigenvalue weighted by Crippen LogP contribution is 2.20. The van der Waals surface area contributed by atoms with Crippen LogP contribution in [0.1, 0.15) is 4.88 Å². The monoisotopic (exact) mass is 452 g/mol. The van der Waals surface area contributed by atoms with Gasteiger partial charge in [0.15, 0.2) is 0 Å². The first kappa shape index (κ1) is 22.2. The fourth-order valence-corrected chi connectivity index (χ4v) is 5.02. The highest BCUT2D eigenvalue weighted by atomic mass is 32.2. The Labute approximate surface area is 179 Å². The summed E-state index contributed by atoms with van der Waals surface area (Å²) >= 11 is 1.61. The summed E-state index contributed by atoms with van der Waals surface area (Å²) in [4.78, 5) is 25.1. The van der Waals surface area contributed by atoms with E-state index >= 15 is 0 Å². The molecule has 1 saturated heterocycles. The SMILES string of the molecule is O=C(CNc1cccc(S(=O)(=O)N2CCOCC2)c1)NC(=O)NCCc1cccs1. The minimum absolute atomic E-state index is 0.140. The van der Waals surface area contributed by atoms with Gasteiger partial charge in [0.25, 0.3) is 0 Å². The van der Waals surface area contributed by atoms with E-state index in [0.29, 0.717) is 45.0 Å². The standard InChI is InChI=1S/C19H24N4O5S2/c24-18(22-19(25)20-7-6-16-4-2-12-29-16)14-21-15-3-1-5-17(13-15)30(26,27)23-8-10-28-11-9-23/h1-5,12-13,21H,6-11,14H2,(H2,20,22,24,25). The Balaban J connectivity index is 1.46. The van der Waals surface area contributed by atoms with Crippen molar-refractivity contribution in [3.8, 4) is 0 Å². The number of hydrogen-bond donors (Lipinski definition) is 3. The second kappa shape index (κ2) is 10.5. The van der Waals surface area contributed by atoms with E-state index in [1.807, 2.05) is 17.5 Å². The third-order valence-corrected chi connectivity index (χ3v) is 7.22.